The summed E-state index contributed by atoms with van der Waals surface area (Å²) in [5.41, 5.74) is 1.26. The molecule has 0 fully saturated rings. The minimum Gasteiger partial charge on any atom is -0.497 e. The molecule has 0 aliphatic heterocycles. The fourth-order valence-corrected chi connectivity index (χ4v) is 2.89. The van der Waals surface area contributed by atoms with Crippen LogP contribution in [0.3, 0.4) is 0 Å². The quantitative estimate of drug-likeness (QED) is 0.648. The van der Waals surface area contributed by atoms with E-state index in [0.717, 1.165) is 10.9 Å². The Morgan fingerprint density at radius 3 is 2.52 bits per heavy atom. The van der Waals surface area contributed by atoms with Crippen molar-refractivity contribution in [2.45, 2.75) is 26.3 Å². The van der Waals surface area contributed by atoms with Crippen molar-refractivity contribution in [1.82, 2.24) is 15.2 Å². The van der Waals surface area contributed by atoms with Crippen molar-refractivity contribution in [1.29, 1.82) is 0 Å². The second-order valence-corrected chi connectivity index (χ2v) is 6.78. The molecule has 0 saturated heterocycles. The number of carbonyl (C=O) groups excluding carboxylic acids is 2. The molecular formula is C19H25N3O5. The maximum Gasteiger partial charge on any atom is 0.322 e. The number of aliphatic carboxylic acids is 1. The summed E-state index contributed by atoms with van der Waals surface area (Å²) in [6, 6.07) is 6.41. The van der Waals surface area contributed by atoms with Gasteiger partial charge in [-0.1, -0.05) is 13.8 Å². The summed E-state index contributed by atoms with van der Waals surface area (Å²) in [6.45, 7) is 3.36. The van der Waals surface area contributed by atoms with Crippen molar-refractivity contribution in [3.8, 4) is 5.75 Å². The van der Waals surface area contributed by atoms with Gasteiger partial charge in [0.25, 0.3) is 5.91 Å². The molecule has 0 radical (unpaired) electrons. The van der Waals surface area contributed by atoms with Crippen LogP contribution < -0.4 is 15.4 Å². The number of methoxy groups -OCH3 is 1. The largest absolute Gasteiger partial charge is 0.497 e. The average Bonchev–Trinajstić information content (AvgIpc) is 2.94. The number of nitrogens with zero attached hydrogens (tertiary/aromatic N) is 1. The molecule has 0 bridgehead atoms. The van der Waals surface area contributed by atoms with E-state index in [9.17, 15) is 14.4 Å². The lowest BCUT2D eigenvalue weighted by molar-refractivity contribution is -0.138. The monoisotopic (exact) mass is 375 g/mol. The highest BCUT2D eigenvalue weighted by Crippen LogP contribution is 2.24. The number of carboxylic acids is 1. The standard InChI is InChI=1S/C19H25N3O5/c1-11(2)7-14(18(25)20-10-17(23)24)21-19(26)16-9-12-8-13(27-4)5-6-15(12)22(16)3/h5-6,8-9,11,14H,7,10H2,1-4H3,(H,20,25)(H,21,26)(H,23,24). The Morgan fingerprint density at radius 1 is 1.22 bits per heavy atom. The van der Waals surface area contributed by atoms with Crippen LogP contribution in [0.2, 0.25) is 0 Å². The lowest BCUT2D eigenvalue weighted by Crippen LogP contribution is -2.48. The summed E-state index contributed by atoms with van der Waals surface area (Å²) >= 11 is 0. The number of hydrogen-bond donors (Lipinski definition) is 3. The van der Waals surface area contributed by atoms with Crippen LogP contribution in [-0.4, -0.2) is 47.2 Å². The van der Waals surface area contributed by atoms with Crippen LogP contribution in [0.25, 0.3) is 10.9 Å². The van der Waals surface area contributed by atoms with E-state index in [1.807, 2.05) is 32.0 Å². The highest BCUT2D eigenvalue weighted by atomic mass is 16.5. The molecule has 0 spiro atoms. The fraction of sp³-hybridized carbons (Fsp3) is 0.421. The van der Waals surface area contributed by atoms with Crippen LogP contribution >= 0.6 is 0 Å². The van der Waals surface area contributed by atoms with Gasteiger partial charge in [0.1, 0.15) is 24.0 Å². The molecule has 146 valence electrons. The van der Waals surface area contributed by atoms with E-state index in [0.29, 0.717) is 17.9 Å². The maximum atomic E-state index is 12.8. The Balaban J connectivity index is 2.23. The zero-order valence-electron chi connectivity index (χ0n) is 15.9. The van der Waals surface area contributed by atoms with Crippen molar-refractivity contribution < 1.29 is 24.2 Å². The first-order valence-electron chi connectivity index (χ1n) is 8.66. The average molecular weight is 375 g/mol. The van der Waals surface area contributed by atoms with E-state index in [1.165, 1.54) is 0 Å². The Bertz CT molecular complexity index is 856. The summed E-state index contributed by atoms with van der Waals surface area (Å²) in [7, 11) is 3.34. The zero-order valence-corrected chi connectivity index (χ0v) is 15.9. The number of aromatic nitrogens is 1. The lowest BCUT2D eigenvalue weighted by atomic mass is 10.0. The molecule has 1 unspecified atom stereocenters. The van der Waals surface area contributed by atoms with Gasteiger partial charge in [-0.25, -0.2) is 0 Å². The molecule has 0 aliphatic carbocycles. The van der Waals surface area contributed by atoms with Crippen LogP contribution in [0.1, 0.15) is 30.8 Å². The van der Waals surface area contributed by atoms with Gasteiger partial charge in [0, 0.05) is 18.0 Å². The Kier molecular flexibility index (Phi) is 6.44. The summed E-state index contributed by atoms with van der Waals surface area (Å²) in [5, 5.41) is 14.6. The first-order valence-corrected chi connectivity index (χ1v) is 8.66. The molecular weight excluding hydrogens is 350 g/mol. The van der Waals surface area contributed by atoms with Crippen LogP contribution in [0, 0.1) is 5.92 Å². The van der Waals surface area contributed by atoms with Gasteiger partial charge in [0.15, 0.2) is 0 Å². The molecule has 2 rings (SSSR count). The van der Waals surface area contributed by atoms with Gasteiger partial charge in [-0.15, -0.1) is 0 Å². The highest BCUT2D eigenvalue weighted by Gasteiger charge is 2.24. The van der Waals surface area contributed by atoms with E-state index in [1.54, 1.807) is 24.8 Å². The lowest BCUT2D eigenvalue weighted by Gasteiger charge is -2.20. The third kappa shape index (κ3) is 4.99. The van der Waals surface area contributed by atoms with Crippen molar-refractivity contribution in [2.24, 2.45) is 13.0 Å². The van der Waals surface area contributed by atoms with Crippen LogP contribution in [0.4, 0.5) is 0 Å². The van der Waals surface area contributed by atoms with Gasteiger partial charge in [0.05, 0.1) is 7.11 Å². The molecule has 1 aromatic carbocycles. The Labute approximate surface area is 157 Å². The third-order valence-corrected chi connectivity index (χ3v) is 4.23. The zero-order chi connectivity index (χ0) is 20.1. The third-order valence-electron chi connectivity index (χ3n) is 4.23. The molecule has 2 aromatic rings. The predicted octanol–water partition coefficient (Wildman–Crippen LogP) is 1.53. The van der Waals surface area contributed by atoms with E-state index >= 15 is 0 Å². The van der Waals surface area contributed by atoms with Crippen molar-refractivity contribution in [3.63, 3.8) is 0 Å². The number of benzene rings is 1. The molecule has 0 saturated carbocycles. The van der Waals surface area contributed by atoms with Gasteiger partial charge in [0.2, 0.25) is 5.91 Å². The van der Waals surface area contributed by atoms with Crippen LogP contribution in [0.15, 0.2) is 24.3 Å². The fourth-order valence-electron chi connectivity index (χ4n) is 2.89. The van der Waals surface area contributed by atoms with E-state index < -0.39 is 30.4 Å². The number of amides is 2. The topological polar surface area (TPSA) is 110 Å². The first kappa shape index (κ1) is 20.3. The van der Waals surface area contributed by atoms with Gasteiger partial charge in [-0.3, -0.25) is 14.4 Å². The van der Waals surface area contributed by atoms with Crippen molar-refractivity contribution >= 4 is 28.7 Å². The number of hydrogen-bond acceptors (Lipinski definition) is 4. The number of ether oxygens (including phenoxy) is 1. The van der Waals surface area contributed by atoms with E-state index in [-0.39, 0.29) is 5.92 Å². The molecule has 2 amide bonds. The summed E-state index contributed by atoms with van der Waals surface area (Å²) in [6.07, 6.45) is 0.398. The maximum absolute atomic E-state index is 12.8. The second-order valence-electron chi connectivity index (χ2n) is 6.78. The smallest absolute Gasteiger partial charge is 0.322 e. The van der Waals surface area contributed by atoms with Gasteiger partial charge in [-0.05, 0) is 36.6 Å². The molecule has 3 N–H and O–H groups in total. The Hall–Kier alpha value is -3.03. The number of carboxylic acid groups (broad SMARTS) is 1. The molecule has 0 aliphatic rings. The summed E-state index contributed by atoms with van der Waals surface area (Å²) in [4.78, 5) is 35.7. The SMILES string of the molecule is COc1ccc2c(c1)cc(C(=O)NC(CC(C)C)C(=O)NCC(=O)O)n2C. The second kappa shape index (κ2) is 8.57. The molecule has 27 heavy (non-hydrogen) atoms. The molecule has 8 nitrogen and oxygen atoms in total. The number of rotatable bonds is 8. The van der Waals surface area contributed by atoms with E-state index in [2.05, 4.69) is 10.6 Å². The first-order chi connectivity index (χ1) is 12.7. The number of aryl methyl sites for hydroxylation is 1. The summed E-state index contributed by atoms with van der Waals surface area (Å²) < 4.78 is 6.95. The van der Waals surface area contributed by atoms with Crippen LogP contribution in [0.5, 0.6) is 5.75 Å². The van der Waals surface area contributed by atoms with Gasteiger partial charge < -0.3 is 25.0 Å². The predicted molar refractivity (Wildman–Crippen MR) is 101 cm³/mol. The van der Waals surface area contributed by atoms with Crippen molar-refractivity contribution in [2.75, 3.05) is 13.7 Å². The van der Waals surface area contributed by atoms with E-state index in [4.69, 9.17) is 9.84 Å². The minimum atomic E-state index is -1.14. The van der Waals surface area contributed by atoms with Crippen molar-refractivity contribution in [3.05, 3.63) is 30.0 Å². The summed E-state index contributed by atoms with van der Waals surface area (Å²) in [5.74, 6) is -1.22. The molecule has 1 aromatic heterocycles. The molecule has 8 heteroatoms. The Morgan fingerprint density at radius 2 is 1.93 bits per heavy atom. The minimum absolute atomic E-state index is 0.141. The highest BCUT2D eigenvalue weighted by molar-refractivity contribution is 6.01. The number of fused-ring (bicyclic) bond motifs is 1. The molecule has 1 atom stereocenters. The van der Waals surface area contributed by atoms with Gasteiger partial charge in [-0.2, -0.15) is 0 Å². The molecule has 1 heterocycles. The van der Waals surface area contributed by atoms with Crippen LogP contribution in [-0.2, 0) is 16.6 Å². The number of nitrogens with one attached hydrogen (secondary N) is 2. The normalized spacial score (nSPS) is 12.0. The number of carbonyl (C=O) groups is 3. The van der Waals surface area contributed by atoms with Gasteiger partial charge >= 0.3 is 5.97 Å².